The molecule has 1 aliphatic heterocycles. The molecule has 1 fully saturated rings. The second-order valence-electron chi connectivity index (χ2n) is 8.40. The Balaban J connectivity index is 1.33. The largest absolute Gasteiger partial charge is 0.348 e. The van der Waals surface area contributed by atoms with E-state index >= 15 is 0 Å². The Bertz CT molecular complexity index is 1210. The number of hydrogen-bond acceptors (Lipinski definition) is 4. The number of likely N-dealkylation sites (tertiary alicyclic amines) is 1. The van der Waals surface area contributed by atoms with Crippen molar-refractivity contribution in [1.29, 1.82) is 0 Å². The fourth-order valence-corrected chi connectivity index (χ4v) is 4.37. The number of aromatic nitrogens is 2. The molecule has 5 nitrogen and oxygen atoms in total. The molecular formula is C28H26N4O. The molecule has 164 valence electrons. The topological polar surface area (TPSA) is 58.1 Å². The summed E-state index contributed by atoms with van der Waals surface area (Å²) in [6, 6.07) is 26.5. The molecule has 4 aromatic rings. The van der Waals surface area contributed by atoms with Crippen LogP contribution < -0.4 is 5.32 Å². The third kappa shape index (κ3) is 4.99. The van der Waals surface area contributed by atoms with Crippen molar-refractivity contribution in [3.8, 4) is 22.4 Å². The van der Waals surface area contributed by atoms with Crippen LogP contribution >= 0.6 is 0 Å². The Morgan fingerprint density at radius 2 is 1.67 bits per heavy atom. The number of carbonyl (C=O) groups excluding carboxylic acids is 1. The fourth-order valence-electron chi connectivity index (χ4n) is 4.37. The molecule has 0 radical (unpaired) electrons. The maximum absolute atomic E-state index is 13.1. The molecule has 0 unspecified atom stereocenters. The molecule has 1 aliphatic rings. The van der Waals surface area contributed by atoms with Gasteiger partial charge >= 0.3 is 0 Å². The number of rotatable bonds is 6. The summed E-state index contributed by atoms with van der Waals surface area (Å²) in [5.74, 6) is -0.0796. The highest BCUT2D eigenvalue weighted by Crippen LogP contribution is 2.30. The maximum atomic E-state index is 13.1. The van der Waals surface area contributed by atoms with Gasteiger partial charge in [0.2, 0.25) is 0 Å². The van der Waals surface area contributed by atoms with Gasteiger partial charge in [0.15, 0.2) is 0 Å². The van der Waals surface area contributed by atoms with Crippen LogP contribution in [0.1, 0.15) is 22.3 Å². The normalized spacial score (nSPS) is 15.9. The molecular weight excluding hydrogens is 408 g/mol. The van der Waals surface area contributed by atoms with Crippen LogP contribution in [0.25, 0.3) is 22.4 Å². The van der Waals surface area contributed by atoms with Gasteiger partial charge in [-0.15, -0.1) is 0 Å². The van der Waals surface area contributed by atoms with Crippen LogP contribution in [0.4, 0.5) is 0 Å². The van der Waals surface area contributed by atoms with E-state index < -0.39 is 0 Å². The minimum Gasteiger partial charge on any atom is -0.348 e. The number of hydrogen-bond donors (Lipinski definition) is 1. The summed E-state index contributed by atoms with van der Waals surface area (Å²) in [5.41, 5.74) is 5.65. The molecule has 0 spiro atoms. The number of nitrogens with one attached hydrogen (secondary N) is 1. The standard InChI is InChI=1S/C28H26N4O/c33-28(31-25-13-16-32(20-25)19-21-7-3-1-4-8-21)24-17-26(22-11-14-29-15-12-22)27(30-18-24)23-9-5-2-6-10-23/h1-12,14-15,17-18,25H,13,16,19-20H2,(H,31,33)/t25-/m0/s1. The lowest BCUT2D eigenvalue weighted by Gasteiger charge is -2.17. The highest BCUT2D eigenvalue weighted by atomic mass is 16.1. The molecule has 0 aliphatic carbocycles. The van der Waals surface area contributed by atoms with E-state index in [0.29, 0.717) is 5.56 Å². The zero-order valence-electron chi connectivity index (χ0n) is 18.4. The molecule has 0 bridgehead atoms. The van der Waals surface area contributed by atoms with Gasteiger partial charge in [-0.25, -0.2) is 0 Å². The first-order valence-corrected chi connectivity index (χ1v) is 11.3. The SMILES string of the molecule is O=C(N[C@H]1CCN(Cc2ccccc2)C1)c1cnc(-c2ccccc2)c(-c2ccncc2)c1. The smallest absolute Gasteiger partial charge is 0.253 e. The summed E-state index contributed by atoms with van der Waals surface area (Å²) in [5, 5.41) is 3.22. The van der Waals surface area contributed by atoms with Gasteiger partial charge in [-0.1, -0.05) is 60.7 Å². The number of carbonyl (C=O) groups is 1. The molecule has 0 saturated carbocycles. The van der Waals surface area contributed by atoms with Crippen molar-refractivity contribution in [2.45, 2.75) is 19.0 Å². The van der Waals surface area contributed by atoms with Gasteiger partial charge in [0.1, 0.15) is 0 Å². The number of benzene rings is 2. The zero-order valence-corrected chi connectivity index (χ0v) is 18.4. The second kappa shape index (κ2) is 9.76. The zero-order chi connectivity index (χ0) is 22.5. The van der Waals surface area contributed by atoms with Gasteiger partial charge in [0.25, 0.3) is 5.91 Å². The second-order valence-corrected chi connectivity index (χ2v) is 8.40. The molecule has 2 aromatic heterocycles. The van der Waals surface area contributed by atoms with Crippen molar-refractivity contribution in [3.05, 3.63) is 109 Å². The van der Waals surface area contributed by atoms with Crippen LogP contribution in [0.2, 0.25) is 0 Å². The molecule has 5 heteroatoms. The highest BCUT2D eigenvalue weighted by Gasteiger charge is 2.25. The van der Waals surface area contributed by atoms with Gasteiger partial charge in [-0.2, -0.15) is 0 Å². The van der Waals surface area contributed by atoms with E-state index in [1.54, 1.807) is 18.6 Å². The maximum Gasteiger partial charge on any atom is 0.253 e. The average molecular weight is 435 g/mol. The van der Waals surface area contributed by atoms with Crippen LogP contribution in [0, 0.1) is 0 Å². The monoisotopic (exact) mass is 434 g/mol. The van der Waals surface area contributed by atoms with E-state index in [1.165, 1.54) is 5.56 Å². The van der Waals surface area contributed by atoms with Gasteiger partial charge in [-0.3, -0.25) is 19.7 Å². The molecule has 3 heterocycles. The van der Waals surface area contributed by atoms with Gasteiger partial charge in [0.05, 0.1) is 11.3 Å². The van der Waals surface area contributed by atoms with Crippen LogP contribution in [0.5, 0.6) is 0 Å². The average Bonchev–Trinajstić information content (AvgIpc) is 3.32. The first-order chi connectivity index (χ1) is 16.3. The molecule has 33 heavy (non-hydrogen) atoms. The minimum atomic E-state index is -0.0796. The number of pyridine rings is 2. The van der Waals surface area contributed by atoms with E-state index in [-0.39, 0.29) is 11.9 Å². The molecule has 2 aromatic carbocycles. The third-order valence-corrected chi connectivity index (χ3v) is 6.05. The van der Waals surface area contributed by atoms with Crippen molar-refractivity contribution in [2.24, 2.45) is 0 Å². The van der Waals surface area contributed by atoms with Crippen LogP contribution in [0.15, 0.2) is 97.5 Å². The Morgan fingerprint density at radius 3 is 2.42 bits per heavy atom. The van der Waals surface area contributed by atoms with E-state index in [1.807, 2.05) is 54.6 Å². The Labute approximate surface area is 194 Å². The van der Waals surface area contributed by atoms with Crippen LogP contribution in [-0.4, -0.2) is 39.9 Å². The minimum absolute atomic E-state index is 0.0796. The first-order valence-electron chi connectivity index (χ1n) is 11.3. The summed E-state index contributed by atoms with van der Waals surface area (Å²) in [4.78, 5) is 24.3. The van der Waals surface area contributed by atoms with E-state index in [2.05, 4.69) is 39.5 Å². The fraction of sp³-hybridized carbons (Fsp3) is 0.179. The molecule has 1 saturated heterocycles. The highest BCUT2D eigenvalue weighted by molar-refractivity contribution is 5.96. The summed E-state index contributed by atoms with van der Waals surface area (Å²) < 4.78 is 0. The Kier molecular flexibility index (Phi) is 6.22. The number of amides is 1. The first kappa shape index (κ1) is 21.0. The molecule has 1 amide bonds. The van der Waals surface area contributed by atoms with E-state index in [9.17, 15) is 4.79 Å². The van der Waals surface area contributed by atoms with Gasteiger partial charge in [0, 0.05) is 55.4 Å². The van der Waals surface area contributed by atoms with Gasteiger partial charge in [-0.05, 0) is 35.7 Å². The van der Waals surface area contributed by atoms with Crippen molar-refractivity contribution in [1.82, 2.24) is 20.2 Å². The van der Waals surface area contributed by atoms with Crippen LogP contribution in [0.3, 0.4) is 0 Å². The summed E-state index contributed by atoms with van der Waals surface area (Å²) in [7, 11) is 0. The molecule has 1 atom stereocenters. The lowest BCUT2D eigenvalue weighted by Crippen LogP contribution is -2.37. The molecule has 5 rings (SSSR count). The summed E-state index contributed by atoms with van der Waals surface area (Å²) >= 11 is 0. The van der Waals surface area contributed by atoms with Crippen LogP contribution in [-0.2, 0) is 6.54 Å². The third-order valence-electron chi connectivity index (χ3n) is 6.05. The lowest BCUT2D eigenvalue weighted by molar-refractivity contribution is 0.0937. The van der Waals surface area contributed by atoms with E-state index in [0.717, 1.165) is 48.4 Å². The quantitative estimate of drug-likeness (QED) is 0.473. The van der Waals surface area contributed by atoms with Crippen molar-refractivity contribution < 1.29 is 4.79 Å². The predicted molar refractivity (Wildman–Crippen MR) is 130 cm³/mol. The Hall–Kier alpha value is -3.83. The van der Waals surface area contributed by atoms with E-state index in [4.69, 9.17) is 4.98 Å². The lowest BCUT2D eigenvalue weighted by atomic mass is 9.98. The van der Waals surface area contributed by atoms with Crippen molar-refractivity contribution >= 4 is 5.91 Å². The Morgan fingerprint density at radius 1 is 0.939 bits per heavy atom. The summed E-state index contributed by atoms with van der Waals surface area (Å²) in [6.45, 7) is 2.74. The summed E-state index contributed by atoms with van der Waals surface area (Å²) in [6.07, 6.45) is 6.15. The van der Waals surface area contributed by atoms with Crippen molar-refractivity contribution in [2.75, 3.05) is 13.1 Å². The van der Waals surface area contributed by atoms with Gasteiger partial charge < -0.3 is 5.32 Å². The predicted octanol–water partition coefficient (Wildman–Crippen LogP) is 4.81. The molecule has 1 N–H and O–H groups in total. The van der Waals surface area contributed by atoms with Crippen molar-refractivity contribution in [3.63, 3.8) is 0 Å². The number of nitrogens with zero attached hydrogens (tertiary/aromatic N) is 3.